The molecule has 1 aromatic rings. The highest BCUT2D eigenvalue weighted by atomic mass is 79.9. The molecule has 1 rings (SSSR count). The zero-order chi connectivity index (χ0) is 15.3. The number of hydrogen-bond donors (Lipinski definition) is 2. The summed E-state index contributed by atoms with van der Waals surface area (Å²) in [5.41, 5.74) is 0. The van der Waals surface area contributed by atoms with Crippen molar-refractivity contribution in [3.05, 3.63) is 27.7 Å². The van der Waals surface area contributed by atoms with Crippen LogP contribution in [0.4, 0.5) is 0 Å². The van der Waals surface area contributed by atoms with E-state index in [1.807, 2.05) is 6.92 Å². The summed E-state index contributed by atoms with van der Waals surface area (Å²) in [5.74, 6) is -1.20. The van der Waals surface area contributed by atoms with Gasteiger partial charge in [0.2, 0.25) is 10.0 Å². The minimum Gasteiger partial charge on any atom is -0.480 e. The van der Waals surface area contributed by atoms with Crippen LogP contribution in [0.1, 0.15) is 26.2 Å². The van der Waals surface area contributed by atoms with Gasteiger partial charge in [0.05, 0.1) is 5.02 Å². The fourth-order valence-electron chi connectivity index (χ4n) is 1.58. The van der Waals surface area contributed by atoms with E-state index in [1.54, 1.807) is 0 Å². The summed E-state index contributed by atoms with van der Waals surface area (Å²) in [6, 6.07) is 3.15. The molecule has 0 fully saturated rings. The Morgan fingerprint density at radius 2 is 2.15 bits per heavy atom. The lowest BCUT2D eigenvalue weighted by atomic mass is 10.1. The van der Waals surface area contributed by atoms with Crippen LogP contribution in [0, 0.1) is 0 Å². The van der Waals surface area contributed by atoms with Gasteiger partial charge < -0.3 is 5.11 Å². The normalized spacial score (nSPS) is 13.2. The van der Waals surface area contributed by atoms with Crippen molar-refractivity contribution in [2.45, 2.75) is 37.1 Å². The molecule has 0 bridgehead atoms. The zero-order valence-electron chi connectivity index (χ0n) is 10.8. The zero-order valence-corrected chi connectivity index (χ0v) is 13.9. The van der Waals surface area contributed by atoms with Crippen LogP contribution in [0.5, 0.6) is 0 Å². The highest BCUT2D eigenvalue weighted by molar-refractivity contribution is 9.10. The summed E-state index contributed by atoms with van der Waals surface area (Å²) < 4.78 is 27.2. The van der Waals surface area contributed by atoms with Crippen LogP contribution in [-0.4, -0.2) is 25.5 Å². The smallest absolute Gasteiger partial charge is 0.321 e. The molecule has 1 atom stereocenters. The average molecular weight is 385 g/mol. The van der Waals surface area contributed by atoms with E-state index >= 15 is 0 Å². The third-order valence-corrected chi connectivity index (χ3v) is 5.07. The second kappa shape index (κ2) is 7.40. The molecule has 0 spiro atoms. The molecule has 0 aromatic heterocycles. The number of carbonyl (C=O) groups is 1. The Labute approximate surface area is 131 Å². The van der Waals surface area contributed by atoms with Gasteiger partial charge in [-0.25, -0.2) is 8.42 Å². The van der Waals surface area contributed by atoms with Crippen molar-refractivity contribution in [3.63, 3.8) is 0 Å². The summed E-state index contributed by atoms with van der Waals surface area (Å²) in [7, 11) is -3.97. The fourth-order valence-corrected chi connectivity index (χ4v) is 3.85. The molecule has 20 heavy (non-hydrogen) atoms. The number of sulfonamides is 1. The monoisotopic (exact) mass is 383 g/mol. The fraction of sp³-hybridized carbons (Fsp3) is 0.417. The molecule has 0 aliphatic carbocycles. The first-order valence-corrected chi connectivity index (χ1v) is 8.63. The van der Waals surface area contributed by atoms with E-state index in [-0.39, 0.29) is 16.3 Å². The number of nitrogens with one attached hydrogen (secondary N) is 1. The van der Waals surface area contributed by atoms with Gasteiger partial charge in [-0.2, -0.15) is 4.72 Å². The van der Waals surface area contributed by atoms with Gasteiger partial charge in [-0.3, -0.25) is 4.79 Å². The van der Waals surface area contributed by atoms with Gasteiger partial charge >= 0.3 is 5.97 Å². The van der Waals surface area contributed by atoms with Crippen LogP contribution < -0.4 is 4.72 Å². The van der Waals surface area contributed by atoms with Crippen LogP contribution in [-0.2, 0) is 14.8 Å². The highest BCUT2D eigenvalue weighted by Gasteiger charge is 2.26. The van der Waals surface area contributed by atoms with Crippen LogP contribution in [0.2, 0.25) is 5.02 Å². The maximum absolute atomic E-state index is 12.2. The first-order valence-electron chi connectivity index (χ1n) is 5.98. The van der Waals surface area contributed by atoms with E-state index in [9.17, 15) is 13.2 Å². The Bertz CT molecular complexity index is 591. The van der Waals surface area contributed by atoms with Gasteiger partial charge in [-0.05, 0) is 24.6 Å². The number of halogens is 2. The third-order valence-electron chi connectivity index (χ3n) is 2.63. The molecule has 0 aliphatic rings. The van der Waals surface area contributed by atoms with E-state index in [0.717, 1.165) is 6.42 Å². The lowest BCUT2D eigenvalue weighted by Crippen LogP contribution is -2.40. The number of unbranched alkanes of at least 4 members (excludes halogenated alkanes) is 1. The minimum atomic E-state index is -3.97. The summed E-state index contributed by atoms with van der Waals surface area (Å²) in [5, 5.41) is 9.09. The third kappa shape index (κ3) is 4.73. The molecule has 2 N–H and O–H groups in total. The van der Waals surface area contributed by atoms with Crippen LogP contribution in [0.25, 0.3) is 0 Å². The summed E-state index contributed by atoms with van der Waals surface area (Å²) in [6.07, 6.45) is 1.64. The first kappa shape index (κ1) is 17.4. The molecule has 0 unspecified atom stereocenters. The van der Waals surface area contributed by atoms with Crippen molar-refractivity contribution in [2.75, 3.05) is 0 Å². The molecule has 8 heteroatoms. The second-order valence-electron chi connectivity index (χ2n) is 4.23. The van der Waals surface area contributed by atoms with E-state index in [4.69, 9.17) is 16.7 Å². The second-order valence-corrected chi connectivity index (χ2v) is 7.23. The topological polar surface area (TPSA) is 83.5 Å². The van der Waals surface area contributed by atoms with Crippen LogP contribution in [0.3, 0.4) is 0 Å². The van der Waals surface area contributed by atoms with Crippen LogP contribution >= 0.6 is 27.5 Å². The molecular formula is C12H15BrClNO4S. The van der Waals surface area contributed by atoms with Crippen molar-refractivity contribution in [3.8, 4) is 0 Å². The lowest BCUT2D eigenvalue weighted by molar-refractivity contribution is -0.139. The van der Waals surface area contributed by atoms with Gasteiger partial charge in [0, 0.05) is 4.47 Å². The van der Waals surface area contributed by atoms with Gasteiger partial charge in [-0.15, -0.1) is 0 Å². The minimum absolute atomic E-state index is 0.0338. The van der Waals surface area contributed by atoms with E-state index < -0.39 is 22.0 Å². The molecule has 0 saturated carbocycles. The summed E-state index contributed by atoms with van der Waals surface area (Å²) in [4.78, 5) is 11.0. The summed E-state index contributed by atoms with van der Waals surface area (Å²) in [6.45, 7) is 1.90. The summed E-state index contributed by atoms with van der Waals surface area (Å²) >= 11 is 9.06. The maximum atomic E-state index is 12.2. The lowest BCUT2D eigenvalue weighted by Gasteiger charge is -2.15. The van der Waals surface area contributed by atoms with Gasteiger partial charge in [0.15, 0.2) is 0 Å². The van der Waals surface area contributed by atoms with Gasteiger partial charge in [0.1, 0.15) is 10.9 Å². The van der Waals surface area contributed by atoms with Crippen molar-refractivity contribution < 1.29 is 18.3 Å². The van der Waals surface area contributed by atoms with E-state index in [1.165, 1.54) is 18.2 Å². The van der Waals surface area contributed by atoms with E-state index in [2.05, 4.69) is 20.7 Å². The Balaban J connectivity index is 3.00. The maximum Gasteiger partial charge on any atom is 0.321 e. The number of carboxylic acids is 1. The average Bonchev–Trinajstić information content (AvgIpc) is 2.33. The molecule has 0 saturated heterocycles. The molecule has 5 nitrogen and oxygen atoms in total. The number of rotatable bonds is 7. The molecular weight excluding hydrogens is 370 g/mol. The van der Waals surface area contributed by atoms with Gasteiger partial charge in [0.25, 0.3) is 0 Å². The number of carboxylic acid groups (broad SMARTS) is 1. The van der Waals surface area contributed by atoms with Crippen LogP contribution in [0.15, 0.2) is 27.6 Å². The van der Waals surface area contributed by atoms with Crippen molar-refractivity contribution >= 4 is 43.5 Å². The Hall–Kier alpha value is -0.630. The highest BCUT2D eigenvalue weighted by Crippen LogP contribution is 2.25. The van der Waals surface area contributed by atoms with E-state index in [0.29, 0.717) is 10.9 Å². The first-order chi connectivity index (χ1) is 9.27. The predicted octanol–water partition coefficient (Wildman–Crippen LogP) is 3.02. The standard InChI is InChI=1S/C12H15BrClNO4S/c1-2-3-4-10(12(16)17)15-20(18,19)11-6-5-8(13)7-9(11)14/h5-7,10,15H,2-4H2,1H3,(H,16,17)/t10-/m0/s1. The van der Waals surface area contributed by atoms with Crippen molar-refractivity contribution in [2.24, 2.45) is 0 Å². The SMILES string of the molecule is CCCC[C@H](NS(=O)(=O)c1ccc(Br)cc1Cl)C(=O)O. The quantitative estimate of drug-likeness (QED) is 0.757. The molecule has 0 amide bonds. The number of hydrogen-bond acceptors (Lipinski definition) is 3. The molecule has 0 aliphatic heterocycles. The Kier molecular flexibility index (Phi) is 6.44. The number of aliphatic carboxylic acids is 1. The predicted molar refractivity (Wildman–Crippen MR) is 80.4 cm³/mol. The Morgan fingerprint density at radius 3 is 2.65 bits per heavy atom. The Morgan fingerprint density at radius 1 is 1.50 bits per heavy atom. The van der Waals surface area contributed by atoms with Crippen molar-refractivity contribution in [1.29, 1.82) is 0 Å². The number of benzene rings is 1. The molecule has 112 valence electrons. The molecule has 1 aromatic carbocycles. The van der Waals surface area contributed by atoms with Crippen molar-refractivity contribution in [1.82, 2.24) is 4.72 Å². The largest absolute Gasteiger partial charge is 0.480 e. The molecule has 0 radical (unpaired) electrons. The molecule has 0 heterocycles. The van der Waals surface area contributed by atoms with Gasteiger partial charge in [-0.1, -0.05) is 47.3 Å².